The number of benzene rings is 1. The number of amidine groups is 1. The van der Waals surface area contributed by atoms with E-state index < -0.39 is 0 Å². The summed E-state index contributed by atoms with van der Waals surface area (Å²) in [5.74, 6) is 0.787. The number of anilines is 1. The lowest BCUT2D eigenvalue weighted by Crippen LogP contribution is -2.24. The van der Waals surface area contributed by atoms with Gasteiger partial charge in [0.05, 0.1) is 19.7 Å². The van der Waals surface area contributed by atoms with Crippen molar-refractivity contribution in [3.63, 3.8) is 0 Å². The van der Waals surface area contributed by atoms with Gasteiger partial charge in [-0.3, -0.25) is 10.3 Å². The maximum atomic E-state index is 5.89. The van der Waals surface area contributed by atoms with Crippen molar-refractivity contribution in [2.45, 2.75) is 0 Å². The molecular weight excluding hydrogens is 174 g/mol. The van der Waals surface area contributed by atoms with E-state index in [9.17, 15) is 0 Å². The van der Waals surface area contributed by atoms with Crippen molar-refractivity contribution in [1.82, 2.24) is 0 Å². The molecule has 1 rings (SSSR count). The van der Waals surface area contributed by atoms with E-state index in [1.54, 1.807) is 0 Å². The summed E-state index contributed by atoms with van der Waals surface area (Å²) < 4.78 is 1.91. The Morgan fingerprint density at radius 1 is 1.14 bits per heavy atom. The van der Waals surface area contributed by atoms with Crippen LogP contribution < -0.4 is 10.6 Å². The molecule has 1 aromatic rings. The summed E-state index contributed by atoms with van der Waals surface area (Å²) >= 11 is 0. The minimum Gasteiger partial charge on any atom is -0.378 e. The third-order valence-corrected chi connectivity index (χ3v) is 2.16. The molecule has 0 aliphatic rings. The molecule has 76 valence electrons. The molecule has 2 N–H and O–H groups in total. The zero-order chi connectivity index (χ0) is 10.7. The molecule has 1 aromatic carbocycles. The molecule has 0 saturated heterocycles. The van der Waals surface area contributed by atoms with E-state index in [4.69, 9.17) is 5.73 Å². The first-order valence-corrected chi connectivity index (χ1v) is 4.60. The average Bonchev–Trinajstić information content (AvgIpc) is 2.16. The summed E-state index contributed by atoms with van der Waals surface area (Å²) in [6, 6.07) is 8.19. The van der Waals surface area contributed by atoms with Crippen molar-refractivity contribution in [2.24, 2.45) is 5.73 Å². The highest BCUT2D eigenvalue weighted by Gasteiger charge is 2.05. The lowest BCUT2D eigenvalue weighted by molar-refractivity contribution is -0.464. The molecule has 0 bridgehead atoms. The second-order valence-electron chi connectivity index (χ2n) is 3.72. The van der Waals surface area contributed by atoms with Gasteiger partial charge in [-0.2, -0.15) is 0 Å². The maximum Gasteiger partial charge on any atom is 0.274 e. The fraction of sp³-hybridized carbons (Fsp3) is 0.364. The van der Waals surface area contributed by atoms with Crippen LogP contribution in [0.2, 0.25) is 0 Å². The lowest BCUT2D eigenvalue weighted by Gasteiger charge is -2.11. The van der Waals surface area contributed by atoms with Crippen LogP contribution in [-0.2, 0) is 0 Å². The van der Waals surface area contributed by atoms with Crippen LogP contribution in [-0.4, -0.2) is 38.6 Å². The van der Waals surface area contributed by atoms with Crippen LogP contribution in [0, 0.1) is 0 Å². The van der Waals surface area contributed by atoms with E-state index in [2.05, 4.69) is 17.0 Å². The zero-order valence-electron chi connectivity index (χ0n) is 9.28. The van der Waals surface area contributed by atoms with Crippen molar-refractivity contribution >= 4 is 11.5 Å². The first-order chi connectivity index (χ1) is 6.52. The normalized spacial score (nSPS) is 9.71. The molecule has 3 heteroatoms. The van der Waals surface area contributed by atoms with E-state index in [0.29, 0.717) is 0 Å². The Morgan fingerprint density at radius 3 is 2.00 bits per heavy atom. The molecule has 0 aliphatic carbocycles. The first kappa shape index (κ1) is 10.6. The number of nitrogens with two attached hydrogens (primary N) is 1. The number of hydrogen-bond donors (Lipinski definition) is 1. The van der Waals surface area contributed by atoms with Crippen LogP contribution in [0.5, 0.6) is 0 Å². The van der Waals surface area contributed by atoms with Gasteiger partial charge < -0.3 is 4.90 Å². The third kappa shape index (κ3) is 2.25. The maximum absolute atomic E-state index is 5.89. The topological polar surface area (TPSA) is 32.3 Å². The quantitative estimate of drug-likeness (QED) is 0.425. The van der Waals surface area contributed by atoms with Crippen LogP contribution in [0.25, 0.3) is 0 Å². The molecule has 0 aromatic heterocycles. The Labute approximate surface area is 85.5 Å². The Morgan fingerprint density at radius 2 is 1.64 bits per heavy atom. The van der Waals surface area contributed by atoms with E-state index in [-0.39, 0.29) is 0 Å². The van der Waals surface area contributed by atoms with Gasteiger partial charge in [0.1, 0.15) is 0 Å². The Bertz CT molecular complexity index is 332. The molecule has 0 radical (unpaired) electrons. The second-order valence-corrected chi connectivity index (χ2v) is 3.72. The van der Waals surface area contributed by atoms with Gasteiger partial charge in [-0.25, -0.2) is 0 Å². The van der Waals surface area contributed by atoms with E-state index in [1.807, 2.05) is 44.9 Å². The molecule has 0 unspecified atom stereocenters. The van der Waals surface area contributed by atoms with Gasteiger partial charge in [-0.05, 0) is 24.3 Å². The first-order valence-electron chi connectivity index (χ1n) is 4.60. The molecule has 0 fully saturated rings. The molecule has 0 saturated carbocycles. The lowest BCUT2D eigenvalue weighted by atomic mass is 10.2. The molecule has 0 aliphatic heterocycles. The van der Waals surface area contributed by atoms with Crippen LogP contribution in [0.15, 0.2) is 24.3 Å². The molecule has 14 heavy (non-hydrogen) atoms. The van der Waals surface area contributed by atoms with Crippen molar-refractivity contribution < 1.29 is 4.58 Å². The predicted octanol–water partition coefficient (Wildman–Crippen LogP) is 0.730. The fourth-order valence-corrected chi connectivity index (χ4v) is 1.19. The summed E-state index contributed by atoms with van der Waals surface area (Å²) in [5.41, 5.74) is 8.13. The largest absolute Gasteiger partial charge is 0.378 e. The van der Waals surface area contributed by atoms with Crippen LogP contribution >= 0.6 is 0 Å². The summed E-state index contributed by atoms with van der Waals surface area (Å²) in [6.45, 7) is 0. The molecule has 3 nitrogen and oxygen atoms in total. The molecule has 0 atom stereocenters. The van der Waals surface area contributed by atoms with Gasteiger partial charge in [-0.1, -0.05) is 0 Å². The summed E-state index contributed by atoms with van der Waals surface area (Å²) in [7, 11) is 7.92. The zero-order valence-corrected chi connectivity index (χ0v) is 9.28. The van der Waals surface area contributed by atoms with Crippen LogP contribution in [0.1, 0.15) is 5.56 Å². The van der Waals surface area contributed by atoms with Crippen LogP contribution in [0.3, 0.4) is 0 Å². The summed E-state index contributed by atoms with van der Waals surface area (Å²) in [4.78, 5) is 2.07. The highest BCUT2D eigenvalue weighted by Crippen LogP contribution is 2.11. The fourth-order valence-electron chi connectivity index (χ4n) is 1.19. The Balaban J connectivity index is 3.00. The summed E-state index contributed by atoms with van der Waals surface area (Å²) in [6.07, 6.45) is 0. The third-order valence-electron chi connectivity index (χ3n) is 2.16. The van der Waals surface area contributed by atoms with Gasteiger partial charge in [0.15, 0.2) is 0 Å². The SMILES string of the molecule is CN(C)c1ccc(C(N)=[N+](C)C)cc1. The number of nitrogens with zero attached hydrogens (tertiary/aromatic N) is 2. The van der Waals surface area contributed by atoms with Gasteiger partial charge in [0, 0.05) is 19.8 Å². The highest BCUT2D eigenvalue weighted by atomic mass is 15.1. The van der Waals surface area contributed by atoms with E-state index in [0.717, 1.165) is 11.4 Å². The highest BCUT2D eigenvalue weighted by molar-refractivity contribution is 5.93. The van der Waals surface area contributed by atoms with Gasteiger partial charge >= 0.3 is 0 Å². The Kier molecular flexibility index (Phi) is 3.12. The molecule has 0 spiro atoms. The smallest absolute Gasteiger partial charge is 0.274 e. The minimum absolute atomic E-state index is 0.787. The predicted molar refractivity (Wildman–Crippen MR) is 61.2 cm³/mol. The van der Waals surface area contributed by atoms with Gasteiger partial charge in [0.2, 0.25) is 0 Å². The van der Waals surface area contributed by atoms with Crippen LogP contribution in [0.4, 0.5) is 5.69 Å². The number of rotatable bonds is 2. The van der Waals surface area contributed by atoms with E-state index >= 15 is 0 Å². The van der Waals surface area contributed by atoms with Crippen molar-refractivity contribution in [3.05, 3.63) is 29.8 Å². The van der Waals surface area contributed by atoms with Crippen molar-refractivity contribution in [1.29, 1.82) is 0 Å². The molecular formula is C11H18N3+. The minimum atomic E-state index is 0.787. The van der Waals surface area contributed by atoms with Crippen molar-refractivity contribution in [2.75, 3.05) is 33.1 Å². The second kappa shape index (κ2) is 4.13. The standard InChI is InChI=1S/C11H17N3/c1-13(2)10-7-5-9(6-8-10)11(12)14(3)4/h5-8,12H,1-4H3/p+1. The van der Waals surface area contributed by atoms with Gasteiger partial charge in [0.25, 0.3) is 5.84 Å². The molecule has 0 heterocycles. The van der Waals surface area contributed by atoms with Crippen molar-refractivity contribution in [3.8, 4) is 0 Å². The Hall–Kier alpha value is -1.51. The van der Waals surface area contributed by atoms with E-state index in [1.165, 1.54) is 5.69 Å². The van der Waals surface area contributed by atoms with Gasteiger partial charge in [-0.15, -0.1) is 0 Å². The summed E-state index contributed by atoms with van der Waals surface area (Å²) in [5, 5.41) is 0. The number of hydrogen-bond acceptors (Lipinski definition) is 1. The molecule has 0 amide bonds. The average molecular weight is 192 g/mol. The monoisotopic (exact) mass is 192 g/mol.